The minimum absolute atomic E-state index is 0.0821. The number of benzene rings is 2. The van der Waals surface area contributed by atoms with Gasteiger partial charge in [0.1, 0.15) is 11.9 Å². The molecule has 12 nitrogen and oxygen atoms in total. The van der Waals surface area contributed by atoms with Crippen molar-refractivity contribution >= 4 is 40.7 Å². The number of nitrogens with one attached hydrogen (secondary N) is 3. The Hall–Kier alpha value is -4.80. The van der Waals surface area contributed by atoms with Crippen LogP contribution in [0.5, 0.6) is 0 Å². The average molecular weight is 768 g/mol. The van der Waals surface area contributed by atoms with Gasteiger partial charge in [0, 0.05) is 49.6 Å². The van der Waals surface area contributed by atoms with Crippen molar-refractivity contribution in [3.63, 3.8) is 0 Å². The van der Waals surface area contributed by atoms with Gasteiger partial charge in [-0.1, -0.05) is 51.7 Å². The second-order valence-corrected chi connectivity index (χ2v) is 16.3. The summed E-state index contributed by atoms with van der Waals surface area (Å²) in [5, 5.41) is 3.11. The smallest absolute Gasteiger partial charge is 0.407 e. The van der Waals surface area contributed by atoms with Crippen molar-refractivity contribution in [3.8, 4) is 23.1 Å². The van der Waals surface area contributed by atoms with Gasteiger partial charge in [-0.3, -0.25) is 9.59 Å². The Kier molecular flexibility index (Phi) is 13.6. The molecule has 2 aromatic carbocycles. The Balaban J connectivity index is 0.000000252. The van der Waals surface area contributed by atoms with Gasteiger partial charge in [0.15, 0.2) is 0 Å². The molecular weight excluding hydrogens is 715 g/mol. The Bertz CT molecular complexity index is 1960. The van der Waals surface area contributed by atoms with Crippen molar-refractivity contribution in [1.29, 1.82) is 0 Å². The highest BCUT2D eigenvalue weighted by Gasteiger charge is 2.38. The number of ether oxygens (including phenoxy) is 2. The van der Waals surface area contributed by atoms with Crippen LogP contribution in [0.15, 0.2) is 55.0 Å². The van der Waals surface area contributed by atoms with E-state index >= 15 is 0 Å². The molecule has 3 amide bonds. The monoisotopic (exact) mass is 767 g/mol. The highest BCUT2D eigenvalue weighted by molar-refractivity contribution is 8.00. The summed E-state index contributed by atoms with van der Waals surface area (Å²) in [5.74, 6) is 9.54. The van der Waals surface area contributed by atoms with E-state index in [1.54, 1.807) is 12.5 Å². The van der Waals surface area contributed by atoms with Crippen molar-refractivity contribution in [1.82, 2.24) is 35.1 Å². The minimum atomic E-state index is -0.664. The summed E-state index contributed by atoms with van der Waals surface area (Å²) in [6.07, 6.45) is 7.43. The van der Waals surface area contributed by atoms with Crippen molar-refractivity contribution in [2.75, 3.05) is 39.2 Å². The number of imidazole rings is 2. The van der Waals surface area contributed by atoms with Gasteiger partial charge in [0.25, 0.3) is 0 Å². The van der Waals surface area contributed by atoms with Crippen molar-refractivity contribution < 1.29 is 23.9 Å². The lowest BCUT2D eigenvalue weighted by molar-refractivity contribution is -0.135. The molecule has 3 fully saturated rings. The average Bonchev–Trinajstić information content (AvgIpc) is 4.03. The maximum atomic E-state index is 13.4. The first-order chi connectivity index (χ1) is 26.6. The van der Waals surface area contributed by atoms with Gasteiger partial charge in [-0.2, -0.15) is 0 Å². The van der Waals surface area contributed by atoms with E-state index in [1.807, 2.05) is 73.0 Å². The number of carbonyl (C=O) groups excluding carboxylic acids is 3. The second-order valence-electron chi connectivity index (χ2n) is 15.1. The van der Waals surface area contributed by atoms with Crippen LogP contribution < -0.4 is 5.32 Å². The van der Waals surface area contributed by atoms with Gasteiger partial charge >= 0.3 is 6.09 Å². The maximum Gasteiger partial charge on any atom is 0.407 e. The van der Waals surface area contributed by atoms with E-state index in [1.165, 1.54) is 7.11 Å². The normalized spacial score (nSPS) is 19.2. The van der Waals surface area contributed by atoms with Gasteiger partial charge in [-0.25, -0.2) is 14.8 Å². The molecule has 2 aromatic heterocycles. The van der Waals surface area contributed by atoms with Gasteiger partial charge in [-0.15, -0.1) is 11.8 Å². The zero-order chi connectivity index (χ0) is 38.9. The third kappa shape index (κ3) is 10.1. The molecule has 0 saturated carbocycles. The molecule has 3 unspecified atom stereocenters. The Morgan fingerprint density at radius 1 is 1.00 bits per heavy atom. The zero-order valence-corrected chi connectivity index (χ0v) is 33.3. The van der Waals surface area contributed by atoms with Crippen LogP contribution in [-0.2, 0) is 19.1 Å². The van der Waals surface area contributed by atoms with Crippen LogP contribution in [0.1, 0.15) is 82.8 Å². The molecule has 3 saturated heterocycles. The number of nitrogens with zero attached hydrogens (tertiary/aromatic N) is 4. The predicted molar refractivity (Wildman–Crippen MR) is 215 cm³/mol. The van der Waals surface area contributed by atoms with E-state index in [9.17, 15) is 14.4 Å². The fourth-order valence-electron chi connectivity index (χ4n) is 7.36. The lowest BCUT2D eigenvalue weighted by atomic mass is 9.98. The lowest BCUT2D eigenvalue weighted by Crippen LogP contribution is -2.51. The maximum absolute atomic E-state index is 13.4. The van der Waals surface area contributed by atoms with E-state index < -0.39 is 12.1 Å². The van der Waals surface area contributed by atoms with E-state index in [0.717, 1.165) is 90.4 Å². The van der Waals surface area contributed by atoms with Crippen molar-refractivity contribution in [2.24, 2.45) is 17.8 Å². The van der Waals surface area contributed by atoms with Crippen LogP contribution in [-0.4, -0.2) is 98.2 Å². The fourth-order valence-corrected chi connectivity index (χ4v) is 8.85. The molecule has 3 N–H and O–H groups in total. The predicted octanol–water partition coefficient (Wildman–Crippen LogP) is 6.76. The number of hydrogen-bond acceptors (Lipinski definition) is 8. The van der Waals surface area contributed by atoms with E-state index in [0.29, 0.717) is 36.1 Å². The van der Waals surface area contributed by atoms with Gasteiger partial charge < -0.3 is 34.6 Å². The van der Waals surface area contributed by atoms with Crippen molar-refractivity contribution in [2.45, 2.75) is 77.3 Å². The summed E-state index contributed by atoms with van der Waals surface area (Å²) in [5.41, 5.74) is 5.49. The minimum Gasteiger partial charge on any atom is -0.453 e. The van der Waals surface area contributed by atoms with Gasteiger partial charge in [-0.05, 0) is 79.3 Å². The topological polar surface area (TPSA) is 146 Å². The molecule has 0 aliphatic carbocycles. The van der Waals surface area contributed by atoms with Crippen LogP contribution in [0.4, 0.5) is 4.79 Å². The third-order valence-electron chi connectivity index (χ3n) is 10.3. The van der Waals surface area contributed by atoms with Crippen LogP contribution in [0.3, 0.4) is 0 Å². The second kappa shape index (κ2) is 18.7. The van der Waals surface area contributed by atoms with E-state index in [4.69, 9.17) is 14.5 Å². The van der Waals surface area contributed by atoms with Crippen LogP contribution in [0.25, 0.3) is 22.3 Å². The number of amides is 3. The summed E-state index contributed by atoms with van der Waals surface area (Å²) >= 11 is 1.96. The van der Waals surface area contributed by atoms with Crippen LogP contribution in [0.2, 0.25) is 0 Å². The van der Waals surface area contributed by atoms with Crippen molar-refractivity contribution in [3.05, 3.63) is 71.9 Å². The number of carbonyl (C=O) groups is 3. The first kappa shape index (κ1) is 39.9. The number of H-pyrrole nitrogens is 2. The van der Waals surface area contributed by atoms with Crippen LogP contribution >= 0.6 is 11.8 Å². The molecule has 0 spiro atoms. The highest BCUT2D eigenvalue weighted by atomic mass is 32.2. The lowest BCUT2D eigenvalue weighted by Gasteiger charge is -2.33. The number of fused-ring (bicyclic) bond motifs is 1. The van der Waals surface area contributed by atoms with E-state index in [2.05, 4.69) is 50.9 Å². The van der Waals surface area contributed by atoms with Crippen LogP contribution in [0, 0.1) is 29.6 Å². The zero-order valence-electron chi connectivity index (χ0n) is 32.5. The molecule has 292 valence electrons. The first-order valence-corrected chi connectivity index (χ1v) is 20.4. The molecule has 5 heterocycles. The number of hydrogen-bond donors (Lipinski definition) is 3. The summed E-state index contributed by atoms with van der Waals surface area (Å²) in [7, 11) is 1.29. The number of methoxy groups -OCH3 is 1. The summed E-state index contributed by atoms with van der Waals surface area (Å²) in [4.78, 5) is 56.7. The van der Waals surface area contributed by atoms with Gasteiger partial charge in [0.2, 0.25) is 11.8 Å². The molecule has 3 aliphatic heterocycles. The largest absolute Gasteiger partial charge is 0.453 e. The Morgan fingerprint density at radius 3 is 2.44 bits per heavy atom. The van der Waals surface area contributed by atoms with Gasteiger partial charge in [0.05, 0.1) is 47.8 Å². The SMILES string of the molecule is CC(C)CC(=O)N1CCSC1C1CCOCC1.COC(=O)NC(C(=O)N1CCCC1c1nc2ccc(C#Cc3ccc(-c4cnc[nH]4)cc3)cc2[nH]1)C(C)C. The quantitative estimate of drug-likeness (QED) is 0.167. The number of thioether (sulfide) groups is 1. The summed E-state index contributed by atoms with van der Waals surface area (Å²) in [6, 6.07) is 13.0. The van der Waals surface area contributed by atoms with E-state index in [-0.39, 0.29) is 17.9 Å². The molecule has 13 heteroatoms. The molecular formula is C42H53N7O5S. The summed E-state index contributed by atoms with van der Waals surface area (Å²) < 4.78 is 10.1. The molecule has 3 aliphatic rings. The molecule has 55 heavy (non-hydrogen) atoms. The number of likely N-dealkylation sites (tertiary alicyclic amines) is 1. The molecule has 7 rings (SSSR count). The highest BCUT2D eigenvalue weighted by Crippen LogP contribution is 2.36. The number of alkyl carbamates (subject to hydrolysis) is 1. The number of rotatable bonds is 8. The molecule has 0 radical (unpaired) electrons. The molecule has 0 bridgehead atoms. The number of aromatic nitrogens is 4. The fraction of sp³-hybridized carbons (Fsp3) is 0.500. The number of aromatic amines is 2. The standard InChI is InChI=1S/C29H30N6O3.C13H23NO2S/c1-18(2)26(34-29(37)38-3)28(36)35-14-4-5-25(35)27-32-22-13-10-20(15-23(22)33-27)7-6-19-8-11-21(12-9-19)24-16-30-17-31-24;1-10(2)9-12(15)14-5-8-17-13(14)11-3-6-16-7-4-11/h8-13,15-18,25-26H,4-5,14H2,1-3H3,(H,30,31)(H,32,33)(H,34,37);10-11,13H,3-9H2,1-2H3. The first-order valence-electron chi connectivity index (χ1n) is 19.4. The Labute approximate surface area is 327 Å². The molecule has 3 atom stereocenters. The Morgan fingerprint density at radius 2 is 1.75 bits per heavy atom. The summed E-state index contributed by atoms with van der Waals surface area (Å²) in [6.45, 7) is 11.3. The third-order valence-corrected chi connectivity index (χ3v) is 11.7. The molecule has 4 aromatic rings.